The summed E-state index contributed by atoms with van der Waals surface area (Å²) in [7, 11) is 3.40. The highest BCUT2D eigenvalue weighted by molar-refractivity contribution is 7.13. The number of hydrogen-bond acceptors (Lipinski definition) is 8. The Morgan fingerprint density at radius 2 is 2.09 bits per heavy atom. The highest BCUT2D eigenvalue weighted by Crippen LogP contribution is 2.35. The quantitative estimate of drug-likeness (QED) is 0.480. The van der Waals surface area contributed by atoms with Crippen molar-refractivity contribution in [3.63, 3.8) is 0 Å². The van der Waals surface area contributed by atoms with E-state index in [0.717, 1.165) is 17.0 Å². The number of aromatic nitrogens is 3. The van der Waals surface area contributed by atoms with E-state index in [0.29, 0.717) is 25.1 Å². The lowest BCUT2D eigenvalue weighted by Crippen LogP contribution is -2.37. The number of aliphatic hydroxyl groups excluding tert-OH is 1. The Balaban J connectivity index is 1.53. The maximum absolute atomic E-state index is 14.1. The Labute approximate surface area is 188 Å². The molecule has 4 atom stereocenters. The van der Waals surface area contributed by atoms with Gasteiger partial charge in [0.1, 0.15) is 28.4 Å². The highest BCUT2D eigenvalue weighted by atomic mass is 32.1. The van der Waals surface area contributed by atoms with Gasteiger partial charge in [-0.1, -0.05) is 6.07 Å². The Morgan fingerprint density at radius 3 is 2.81 bits per heavy atom. The standard InChI is InChI=1S/C21H25F2N5O3S/c1-28-19(16-7-6-13(24)17(30-2)9-31-16)14(8-25-28)26-20(29)15-10-32-21(27-15)18-11(22)4-3-5-12(18)23/h3-5,8,10,13,16-17,20,26,29H,6-7,9,24H2,1-2H3/t13-,16+,17-,20?/m1/s1. The number of nitrogens with two attached hydrogens (primary N) is 1. The van der Waals surface area contributed by atoms with Crippen LogP contribution >= 0.6 is 11.3 Å². The third-order valence-electron chi connectivity index (χ3n) is 5.56. The summed E-state index contributed by atoms with van der Waals surface area (Å²) in [6.45, 7) is 0.346. The van der Waals surface area contributed by atoms with Crippen LogP contribution in [0.1, 0.15) is 36.6 Å². The molecule has 2 aromatic heterocycles. The maximum Gasteiger partial charge on any atom is 0.169 e. The van der Waals surface area contributed by atoms with Gasteiger partial charge in [0.05, 0.1) is 35.9 Å². The van der Waals surface area contributed by atoms with E-state index in [2.05, 4.69) is 15.4 Å². The first-order chi connectivity index (χ1) is 15.4. The van der Waals surface area contributed by atoms with E-state index in [4.69, 9.17) is 15.2 Å². The molecule has 172 valence electrons. The third-order valence-corrected chi connectivity index (χ3v) is 6.44. The molecular weight excluding hydrogens is 440 g/mol. The van der Waals surface area contributed by atoms with E-state index in [1.165, 1.54) is 18.2 Å². The van der Waals surface area contributed by atoms with Gasteiger partial charge in [0.25, 0.3) is 0 Å². The van der Waals surface area contributed by atoms with Gasteiger partial charge in [0.2, 0.25) is 0 Å². The summed E-state index contributed by atoms with van der Waals surface area (Å²) in [6, 6.07) is 3.50. The van der Waals surface area contributed by atoms with Crippen LogP contribution in [-0.4, -0.2) is 45.7 Å². The lowest BCUT2D eigenvalue weighted by Gasteiger charge is -2.20. The summed E-state index contributed by atoms with van der Waals surface area (Å²) in [5.74, 6) is -1.41. The van der Waals surface area contributed by atoms with Crippen molar-refractivity contribution in [3.05, 3.63) is 52.8 Å². The van der Waals surface area contributed by atoms with Crippen molar-refractivity contribution in [1.82, 2.24) is 14.8 Å². The van der Waals surface area contributed by atoms with Crippen molar-refractivity contribution in [2.24, 2.45) is 12.8 Å². The van der Waals surface area contributed by atoms with Gasteiger partial charge >= 0.3 is 0 Å². The van der Waals surface area contributed by atoms with Crippen molar-refractivity contribution in [1.29, 1.82) is 0 Å². The number of thiazole rings is 1. The van der Waals surface area contributed by atoms with Gasteiger partial charge in [-0.25, -0.2) is 13.8 Å². The van der Waals surface area contributed by atoms with Crippen LogP contribution in [-0.2, 0) is 16.5 Å². The summed E-state index contributed by atoms with van der Waals surface area (Å²) in [4.78, 5) is 4.23. The number of benzene rings is 1. The van der Waals surface area contributed by atoms with Crippen molar-refractivity contribution >= 4 is 17.0 Å². The van der Waals surface area contributed by atoms with Crippen molar-refractivity contribution in [2.75, 3.05) is 19.0 Å². The number of halogens is 2. The van der Waals surface area contributed by atoms with Crippen molar-refractivity contribution in [3.8, 4) is 10.6 Å². The van der Waals surface area contributed by atoms with Crippen molar-refractivity contribution < 1.29 is 23.4 Å². The average molecular weight is 466 g/mol. The van der Waals surface area contributed by atoms with E-state index >= 15 is 0 Å². The average Bonchev–Trinajstić information content (AvgIpc) is 3.33. The molecule has 11 heteroatoms. The minimum absolute atomic E-state index is 0.132. The molecule has 1 saturated heterocycles. The number of hydrogen-bond donors (Lipinski definition) is 3. The van der Waals surface area contributed by atoms with Crippen LogP contribution in [0.5, 0.6) is 0 Å². The van der Waals surface area contributed by atoms with E-state index < -0.39 is 17.9 Å². The predicted molar refractivity (Wildman–Crippen MR) is 116 cm³/mol. The van der Waals surface area contributed by atoms with Crippen LogP contribution in [0.25, 0.3) is 10.6 Å². The number of nitrogens with zero attached hydrogens (tertiary/aromatic N) is 3. The zero-order valence-corrected chi connectivity index (χ0v) is 18.5. The molecular formula is C21H25F2N5O3S. The van der Waals surface area contributed by atoms with Gasteiger partial charge in [-0.3, -0.25) is 4.68 Å². The van der Waals surface area contributed by atoms with Crippen molar-refractivity contribution in [2.45, 2.75) is 37.3 Å². The molecule has 0 amide bonds. The maximum atomic E-state index is 14.1. The fourth-order valence-corrected chi connectivity index (χ4v) is 4.68. The highest BCUT2D eigenvalue weighted by Gasteiger charge is 2.30. The summed E-state index contributed by atoms with van der Waals surface area (Å²) in [5.41, 5.74) is 7.52. The lowest BCUT2D eigenvalue weighted by atomic mass is 10.0. The van der Waals surface area contributed by atoms with Crippen LogP contribution in [0, 0.1) is 11.6 Å². The normalized spacial score (nSPS) is 22.5. The molecule has 0 spiro atoms. The van der Waals surface area contributed by atoms with Crippen LogP contribution < -0.4 is 11.1 Å². The molecule has 3 aromatic rings. The first-order valence-corrected chi connectivity index (χ1v) is 11.0. The molecule has 8 nitrogen and oxygen atoms in total. The number of aliphatic hydroxyl groups is 1. The second-order valence-electron chi connectivity index (χ2n) is 7.63. The van der Waals surface area contributed by atoms with Gasteiger partial charge in [0.15, 0.2) is 6.23 Å². The van der Waals surface area contributed by atoms with E-state index in [9.17, 15) is 13.9 Å². The molecule has 32 heavy (non-hydrogen) atoms. The smallest absolute Gasteiger partial charge is 0.169 e. The molecule has 4 N–H and O–H groups in total. The SMILES string of the molecule is CO[C@@H]1CO[C@H](c2c(NC(O)c3csc(-c4c(F)cccc4F)n3)cnn2C)CC[C@H]1N. The third kappa shape index (κ3) is 4.52. The van der Waals surface area contributed by atoms with Gasteiger partial charge in [-0.15, -0.1) is 11.3 Å². The number of methoxy groups -OCH3 is 1. The molecule has 0 radical (unpaired) electrons. The Morgan fingerprint density at radius 1 is 1.34 bits per heavy atom. The van der Waals surface area contributed by atoms with E-state index in [-0.39, 0.29) is 34.5 Å². The number of nitrogens with one attached hydrogen (secondary N) is 1. The summed E-state index contributed by atoms with van der Waals surface area (Å²) >= 11 is 1.05. The van der Waals surface area contributed by atoms with Gasteiger partial charge in [0, 0.05) is 25.6 Å². The van der Waals surface area contributed by atoms with Crippen LogP contribution in [0.15, 0.2) is 29.8 Å². The molecule has 4 rings (SSSR count). The van der Waals surface area contributed by atoms with Crippen LogP contribution in [0.3, 0.4) is 0 Å². The number of rotatable bonds is 6. The topological polar surface area (TPSA) is 107 Å². The fourth-order valence-electron chi connectivity index (χ4n) is 3.80. The fraction of sp³-hybridized carbons (Fsp3) is 0.429. The van der Waals surface area contributed by atoms with Crippen LogP contribution in [0.2, 0.25) is 0 Å². The van der Waals surface area contributed by atoms with Gasteiger partial charge in [-0.05, 0) is 25.0 Å². The molecule has 1 fully saturated rings. The second kappa shape index (κ2) is 9.59. The van der Waals surface area contributed by atoms with E-state index in [1.807, 2.05) is 0 Å². The predicted octanol–water partition coefficient (Wildman–Crippen LogP) is 3.12. The summed E-state index contributed by atoms with van der Waals surface area (Å²) in [6.07, 6.45) is 1.27. The number of anilines is 1. The minimum Gasteiger partial charge on any atom is -0.377 e. The Bertz CT molecular complexity index is 1060. The monoisotopic (exact) mass is 465 g/mol. The molecule has 1 unspecified atom stereocenters. The molecule has 1 aliphatic rings. The van der Waals surface area contributed by atoms with Crippen LogP contribution in [0.4, 0.5) is 14.5 Å². The zero-order valence-electron chi connectivity index (χ0n) is 17.7. The number of aryl methyl sites for hydroxylation is 1. The molecule has 3 heterocycles. The van der Waals surface area contributed by atoms with Gasteiger partial charge < -0.3 is 25.6 Å². The first kappa shape index (κ1) is 22.7. The first-order valence-electron chi connectivity index (χ1n) is 10.1. The zero-order chi connectivity index (χ0) is 22.8. The molecule has 1 aromatic carbocycles. The van der Waals surface area contributed by atoms with E-state index in [1.54, 1.807) is 30.4 Å². The Hall–Kier alpha value is -2.44. The molecule has 0 bridgehead atoms. The minimum atomic E-state index is -1.21. The molecule has 1 aliphatic heterocycles. The number of ether oxygens (including phenoxy) is 2. The lowest BCUT2D eigenvalue weighted by molar-refractivity contribution is -0.0212. The second-order valence-corrected chi connectivity index (χ2v) is 8.48. The Kier molecular flexibility index (Phi) is 6.82. The molecule has 0 saturated carbocycles. The van der Waals surface area contributed by atoms with Gasteiger partial charge in [-0.2, -0.15) is 5.10 Å². The molecule has 0 aliphatic carbocycles. The summed E-state index contributed by atoms with van der Waals surface area (Å²) < 4.78 is 41.3. The summed E-state index contributed by atoms with van der Waals surface area (Å²) in [5, 5.41) is 19.7. The largest absolute Gasteiger partial charge is 0.377 e.